The minimum atomic E-state index is -0.372. The lowest BCUT2D eigenvalue weighted by molar-refractivity contribution is -0.121. The lowest BCUT2D eigenvalue weighted by Crippen LogP contribution is -2.23. The van der Waals surface area contributed by atoms with E-state index in [9.17, 15) is 9.59 Å². The molecule has 0 radical (unpaired) electrons. The zero-order chi connectivity index (χ0) is 22.7. The number of aliphatic imine (C=N–C) groups is 1. The van der Waals surface area contributed by atoms with E-state index in [4.69, 9.17) is 9.47 Å². The van der Waals surface area contributed by atoms with Crippen LogP contribution in [0.15, 0.2) is 70.6 Å². The molecule has 6 nitrogen and oxygen atoms in total. The van der Waals surface area contributed by atoms with E-state index in [0.29, 0.717) is 33.7 Å². The molecule has 3 aromatic carbocycles. The van der Waals surface area contributed by atoms with E-state index in [-0.39, 0.29) is 11.9 Å². The molecular formula is C25H22N2O4S. The number of rotatable bonds is 5. The summed E-state index contributed by atoms with van der Waals surface area (Å²) in [7, 11) is 3.32. The Kier molecular flexibility index (Phi) is 6.28. The van der Waals surface area contributed by atoms with E-state index in [0.717, 1.165) is 16.3 Å². The van der Waals surface area contributed by atoms with Gasteiger partial charge in [-0.1, -0.05) is 30.3 Å². The number of hydrogen-bond acceptors (Lipinski definition) is 6. The summed E-state index contributed by atoms with van der Waals surface area (Å²) >= 11 is 1.30. The van der Waals surface area contributed by atoms with Gasteiger partial charge in [0.2, 0.25) is 0 Å². The Morgan fingerprint density at radius 2 is 1.84 bits per heavy atom. The molecule has 0 saturated carbocycles. The summed E-state index contributed by atoms with van der Waals surface area (Å²) in [6, 6.07) is 18.7. The summed E-state index contributed by atoms with van der Waals surface area (Å²) in [6.45, 7) is 2.09. The average Bonchev–Trinajstić information content (AvgIpc) is 3.07. The van der Waals surface area contributed by atoms with Crippen molar-refractivity contribution in [3.05, 3.63) is 76.7 Å². The Morgan fingerprint density at radius 3 is 2.56 bits per heavy atom. The molecule has 0 aliphatic carbocycles. The third-order valence-electron chi connectivity index (χ3n) is 5.03. The van der Waals surface area contributed by atoms with Crippen molar-refractivity contribution in [2.24, 2.45) is 4.99 Å². The van der Waals surface area contributed by atoms with E-state index in [1.807, 2.05) is 42.5 Å². The molecule has 0 bridgehead atoms. The van der Waals surface area contributed by atoms with Crippen LogP contribution < -0.4 is 4.74 Å². The number of nitrogens with zero attached hydrogens (tertiary/aromatic N) is 2. The predicted molar refractivity (Wildman–Crippen MR) is 128 cm³/mol. The van der Waals surface area contributed by atoms with E-state index < -0.39 is 0 Å². The minimum Gasteiger partial charge on any atom is -0.496 e. The van der Waals surface area contributed by atoms with Crippen molar-refractivity contribution in [1.29, 1.82) is 0 Å². The van der Waals surface area contributed by atoms with Crippen LogP contribution >= 0.6 is 11.8 Å². The van der Waals surface area contributed by atoms with Crippen molar-refractivity contribution in [1.82, 2.24) is 4.90 Å². The van der Waals surface area contributed by atoms with Gasteiger partial charge in [-0.05, 0) is 65.9 Å². The lowest BCUT2D eigenvalue weighted by Gasteiger charge is -2.09. The Morgan fingerprint density at radius 1 is 1.09 bits per heavy atom. The molecule has 7 heteroatoms. The van der Waals surface area contributed by atoms with Gasteiger partial charge in [-0.2, -0.15) is 0 Å². The molecule has 1 fully saturated rings. The molecule has 1 saturated heterocycles. The van der Waals surface area contributed by atoms with E-state index >= 15 is 0 Å². The van der Waals surface area contributed by atoms with Crippen LogP contribution in [-0.2, 0) is 9.53 Å². The second-order valence-corrected chi connectivity index (χ2v) is 8.05. The molecule has 0 aromatic heterocycles. The van der Waals surface area contributed by atoms with Gasteiger partial charge in [-0.3, -0.25) is 9.69 Å². The molecule has 1 aliphatic rings. The zero-order valence-electron chi connectivity index (χ0n) is 18.0. The normalized spacial score (nSPS) is 16.2. The third kappa shape index (κ3) is 4.24. The number of fused-ring (bicyclic) bond motifs is 1. The molecule has 0 spiro atoms. The summed E-state index contributed by atoms with van der Waals surface area (Å²) in [4.78, 5) is 31.4. The first-order chi connectivity index (χ1) is 15.5. The van der Waals surface area contributed by atoms with Gasteiger partial charge in [0.25, 0.3) is 5.91 Å². The fraction of sp³-hybridized carbons (Fsp3) is 0.160. The van der Waals surface area contributed by atoms with Crippen molar-refractivity contribution >= 4 is 51.3 Å². The first-order valence-electron chi connectivity index (χ1n) is 10.1. The van der Waals surface area contributed by atoms with Gasteiger partial charge in [0.1, 0.15) is 5.75 Å². The molecule has 0 N–H and O–H groups in total. The second-order valence-electron chi connectivity index (χ2n) is 7.04. The number of ether oxygens (including phenoxy) is 2. The Balaban J connectivity index is 1.66. The van der Waals surface area contributed by atoms with Gasteiger partial charge in [-0.15, -0.1) is 0 Å². The number of thioether (sulfide) groups is 1. The molecular weight excluding hydrogens is 424 g/mol. The molecule has 1 amide bonds. The number of carbonyl (C=O) groups is 2. The Labute approximate surface area is 190 Å². The van der Waals surface area contributed by atoms with Crippen molar-refractivity contribution in [3.63, 3.8) is 0 Å². The molecule has 3 aromatic rings. The summed E-state index contributed by atoms with van der Waals surface area (Å²) < 4.78 is 10.6. The first-order valence-corrected chi connectivity index (χ1v) is 10.9. The van der Waals surface area contributed by atoms with Crippen LogP contribution in [0.1, 0.15) is 22.8 Å². The van der Waals surface area contributed by atoms with Crippen LogP contribution in [0, 0.1) is 0 Å². The van der Waals surface area contributed by atoms with Gasteiger partial charge < -0.3 is 9.47 Å². The molecule has 1 heterocycles. The Bertz CT molecular complexity index is 1250. The number of likely N-dealkylation sites (N-methyl/N-ethyl adjacent to an activating group) is 1. The third-order valence-corrected chi connectivity index (χ3v) is 6.09. The molecule has 0 atom stereocenters. The molecule has 1 aliphatic heterocycles. The highest BCUT2D eigenvalue weighted by molar-refractivity contribution is 8.18. The second kappa shape index (κ2) is 9.28. The average molecular weight is 447 g/mol. The number of methoxy groups -OCH3 is 1. The Hall–Kier alpha value is -3.58. The highest BCUT2D eigenvalue weighted by atomic mass is 32.2. The van der Waals surface area contributed by atoms with Gasteiger partial charge in [0.05, 0.1) is 29.9 Å². The molecule has 32 heavy (non-hydrogen) atoms. The van der Waals surface area contributed by atoms with E-state index in [1.165, 1.54) is 16.7 Å². The fourth-order valence-corrected chi connectivity index (χ4v) is 4.35. The highest BCUT2D eigenvalue weighted by Gasteiger charge is 2.31. The lowest BCUT2D eigenvalue weighted by atomic mass is 10.0. The van der Waals surface area contributed by atoms with Crippen molar-refractivity contribution in [2.45, 2.75) is 6.92 Å². The fourth-order valence-electron chi connectivity index (χ4n) is 3.38. The number of hydrogen-bond donors (Lipinski definition) is 0. The molecule has 0 unspecified atom stereocenters. The van der Waals surface area contributed by atoms with Crippen LogP contribution in [0.4, 0.5) is 5.69 Å². The van der Waals surface area contributed by atoms with Gasteiger partial charge in [-0.25, -0.2) is 9.79 Å². The highest BCUT2D eigenvalue weighted by Crippen LogP contribution is 2.37. The van der Waals surface area contributed by atoms with Crippen LogP contribution in [0.2, 0.25) is 0 Å². The van der Waals surface area contributed by atoms with Crippen LogP contribution in [-0.4, -0.2) is 42.7 Å². The summed E-state index contributed by atoms with van der Waals surface area (Å²) in [6.07, 6.45) is 1.86. The minimum absolute atomic E-state index is 0.133. The SMILES string of the molecule is CCOC(=O)c1ccc(N=C2S/C(=C\c3c(OC)ccc4ccccc34)C(=O)N2C)cc1. The van der Waals surface area contributed by atoms with Gasteiger partial charge >= 0.3 is 5.97 Å². The molecule has 162 valence electrons. The number of carbonyl (C=O) groups excluding carboxylic acids is 2. The maximum absolute atomic E-state index is 12.9. The number of esters is 1. The monoisotopic (exact) mass is 446 g/mol. The molecule has 4 rings (SSSR count). The van der Waals surface area contributed by atoms with Gasteiger partial charge in [0.15, 0.2) is 5.17 Å². The van der Waals surface area contributed by atoms with Crippen molar-refractivity contribution in [3.8, 4) is 5.75 Å². The van der Waals surface area contributed by atoms with Crippen LogP contribution in [0.5, 0.6) is 5.75 Å². The maximum atomic E-state index is 12.9. The summed E-state index contributed by atoms with van der Waals surface area (Å²) in [5, 5.41) is 2.64. The van der Waals surface area contributed by atoms with Crippen LogP contribution in [0.3, 0.4) is 0 Å². The number of benzene rings is 3. The number of amides is 1. The largest absolute Gasteiger partial charge is 0.496 e. The zero-order valence-corrected chi connectivity index (χ0v) is 18.8. The topological polar surface area (TPSA) is 68.2 Å². The van der Waals surface area contributed by atoms with E-state index in [2.05, 4.69) is 4.99 Å². The van der Waals surface area contributed by atoms with Crippen molar-refractivity contribution < 1.29 is 19.1 Å². The van der Waals surface area contributed by atoms with Crippen LogP contribution in [0.25, 0.3) is 16.8 Å². The first kappa shape index (κ1) is 21.6. The smallest absolute Gasteiger partial charge is 0.338 e. The summed E-state index contributed by atoms with van der Waals surface area (Å²) in [5.41, 5.74) is 1.96. The standard InChI is InChI=1S/C25H22N2O4S/c1-4-31-24(29)17-9-12-18(13-10-17)26-25-27(2)23(28)22(32-25)15-20-19-8-6-5-7-16(19)11-14-21(20)30-3/h5-15H,4H2,1-3H3/b22-15-,26-25?. The summed E-state index contributed by atoms with van der Waals surface area (Å²) in [5.74, 6) is 0.197. The maximum Gasteiger partial charge on any atom is 0.338 e. The predicted octanol–water partition coefficient (Wildman–Crippen LogP) is 5.26. The van der Waals surface area contributed by atoms with Gasteiger partial charge in [0, 0.05) is 12.6 Å². The quantitative estimate of drug-likeness (QED) is 0.395. The van der Waals surface area contributed by atoms with Crippen molar-refractivity contribution in [2.75, 3.05) is 20.8 Å². The van der Waals surface area contributed by atoms with E-state index in [1.54, 1.807) is 45.3 Å². The number of amidine groups is 1.